The lowest BCUT2D eigenvalue weighted by Crippen LogP contribution is -2.50. The maximum Gasteiger partial charge on any atom is 0.323 e. The zero-order valence-electron chi connectivity index (χ0n) is 12.8. The molecule has 0 aliphatic carbocycles. The van der Waals surface area contributed by atoms with Crippen molar-refractivity contribution >= 4 is 0 Å². The van der Waals surface area contributed by atoms with Crippen LogP contribution in [-0.4, -0.2) is 6.10 Å². The molecule has 0 amide bonds. The molecule has 0 bridgehead atoms. The quantitative estimate of drug-likeness (QED) is 0.564. The first-order valence-electron chi connectivity index (χ1n) is 7.51. The van der Waals surface area contributed by atoms with E-state index in [1.165, 1.54) is 0 Å². The van der Waals surface area contributed by atoms with Crippen LogP contribution in [0.3, 0.4) is 0 Å². The Morgan fingerprint density at radius 3 is 2.14 bits per heavy atom. The van der Waals surface area contributed by atoms with Gasteiger partial charge < -0.3 is 4.74 Å². The molecule has 2 rings (SSSR count). The molecule has 0 saturated heterocycles. The number of hydrogen-bond acceptors (Lipinski definition) is 1. The lowest BCUT2D eigenvalue weighted by atomic mass is 10.2. The van der Waals surface area contributed by atoms with E-state index in [-0.39, 0.29) is 12.3 Å². The van der Waals surface area contributed by atoms with Crippen LogP contribution in [0.2, 0.25) is 0 Å². The highest BCUT2D eigenvalue weighted by Gasteiger charge is 2.26. The average Bonchev–Trinajstić information content (AvgIpc) is 2.55. The molecule has 3 heteroatoms. The molecule has 2 aromatic heterocycles. The fourth-order valence-corrected chi connectivity index (χ4v) is 2.24. The average molecular weight is 284 g/mol. The Kier molecular flexibility index (Phi) is 6.10. The Labute approximate surface area is 127 Å². The molecule has 0 fully saturated rings. The molecule has 0 spiro atoms. The topological polar surface area (TPSA) is 17.0 Å². The molecule has 2 unspecified atom stereocenters. The van der Waals surface area contributed by atoms with E-state index in [1.807, 2.05) is 43.3 Å². The second-order valence-corrected chi connectivity index (χ2v) is 4.96. The third-order valence-electron chi connectivity index (χ3n) is 3.36. The number of nitrogens with zero attached hydrogens (tertiary/aromatic N) is 2. The van der Waals surface area contributed by atoms with Gasteiger partial charge in [-0.3, -0.25) is 0 Å². The van der Waals surface area contributed by atoms with E-state index in [0.717, 1.165) is 13.0 Å². The van der Waals surface area contributed by atoms with Gasteiger partial charge in [-0.25, -0.2) is 0 Å². The fourth-order valence-electron chi connectivity index (χ4n) is 2.24. The molecule has 0 aliphatic rings. The third kappa shape index (κ3) is 4.80. The molecular formula is C18H24N2O+2. The van der Waals surface area contributed by atoms with Gasteiger partial charge in [-0.15, -0.1) is 0 Å². The number of allylic oxidation sites excluding steroid dienone is 1. The van der Waals surface area contributed by atoms with Gasteiger partial charge in [-0.1, -0.05) is 31.2 Å². The van der Waals surface area contributed by atoms with E-state index in [4.69, 9.17) is 4.74 Å². The number of ether oxygens (including phenoxy) is 1. The van der Waals surface area contributed by atoms with Crippen molar-refractivity contribution in [2.75, 3.05) is 0 Å². The zero-order valence-corrected chi connectivity index (χ0v) is 12.8. The van der Waals surface area contributed by atoms with Gasteiger partial charge in [0.15, 0.2) is 24.8 Å². The second kappa shape index (κ2) is 8.32. The largest absolute Gasteiger partial charge is 0.323 e. The van der Waals surface area contributed by atoms with Crippen molar-refractivity contribution < 1.29 is 13.9 Å². The number of rotatable bonds is 7. The smallest absolute Gasteiger partial charge is 0.308 e. The molecular weight excluding hydrogens is 260 g/mol. The normalized spacial score (nSPS) is 14.2. The Hall–Kier alpha value is -2.00. The van der Waals surface area contributed by atoms with E-state index < -0.39 is 0 Å². The molecule has 0 N–H and O–H groups in total. The van der Waals surface area contributed by atoms with E-state index >= 15 is 0 Å². The van der Waals surface area contributed by atoms with Gasteiger partial charge in [-0.05, 0) is 13.3 Å². The van der Waals surface area contributed by atoms with E-state index in [2.05, 4.69) is 53.0 Å². The Morgan fingerprint density at radius 1 is 0.952 bits per heavy atom. The summed E-state index contributed by atoms with van der Waals surface area (Å²) in [7, 11) is 0. The van der Waals surface area contributed by atoms with E-state index in [0.29, 0.717) is 0 Å². The summed E-state index contributed by atoms with van der Waals surface area (Å²) in [5.74, 6) is 0. The minimum absolute atomic E-state index is 0.0280. The monoisotopic (exact) mass is 284 g/mol. The van der Waals surface area contributed by atoms with Crippen LogP contribution in [-0.2, 0) is 11.3 Å². The molecule has 3 nitrogen and oxygen atoms in total. The fraction of sp³-hybridized carbons (Fsp3) is 0.333. The van der Waals surface area contributed by atoms with Crippen LogP contribution in [0.5, 0.6) is 0 Å². The van der Waals surface area contributed by atoms with Crippen molar-refractivity contribution in [3.05, 3.63) is 73.3 Å². The third-order valence-corrected chi connectivity index (χ3v) is 3.36. The van der Waals surface area contributed by atoms with E-state index in [1.54, 1.807) is 0 Å². The number of pyridine rings is 2. The predicted octanol–water partition coefficient (Wildman–Crippen LogP) is 2.83. The summed E-state index contributed by atoms with van der Waals surface area (Å²) in [4.78, 5) is 0. The van der Waals surface area contributed by atoms with Gasteiger partial charge in [0.2, 0.25) is 6.54 Å². The Balaban J connectivity index is 2.18. The van der Waals surface area contributed by atoms with Gasteiger partial charge in [0, 0.05) is 24.3 Å². The summed E-state index contributed by atoms with van der Waals surface area (Å²) in [6.45, 7) is 4.96. The van der Waals surface area contributed by atoms with Crippen molar-refractivity contribution in [3.8, 4) is 0 Å². The first kappa shape index (κ1) is 15.4. The molecule has 2 aromatic rings. The van der Waals surface area contributed by atoms with Crippen LogP contribution < -0.4 is 9.13 Å². The highest BCUT2D eigenvalue weighted by atomic mass is 16.5. The minimum Gasteiger partial charge on any atom is -0.308 e. The maximum atomic E-state index is 6.29. The second-order valence-electron chi connectivity index (χ2n) is 4.96. The van der Waals surface area contributed by atoms with Crippen molar-refractivity contribution in [2.45, 2.75) is 39.1 Å². The van der Waals surface area contributed by atoms with Crippen LogP contribution in [0.15, 0.2) is 73.3 Å². The van der Waals surface area contributed by atoms with Crippen molar-refractivity contribution in [1.29, 1.82) is 0 Å². The summed E-state index contributed by atoms with van der Waals surface area (Å²) in [6, 6.07) is 12.2. The van der Waals surface area contributed by atoms with Crippen LogP contribution in [0, 0.1) is 0 Å². The van der Waals surface area contributed by atoms with E-state index in [9.17, 15) is 0 Å². The molecule has 21 heavy (non-hydrogen) atoms. The van der Waals surface area contributed by atoms with Gasteiger partial charge in [0.25, 0.3) is 0 Å². The summed E-state index contributed by atoms with van der Waals surface area (Å²) in [5, 5.41) is 0. The van der Waals surface area contributed by atoms with Crippen molar-refractivity contribution in [3.63, 3.8) is 0 Å². The first-order chi connectivity index (χ1) is 10.3. The van der Waals surface area contributed by atoms with Crippen molar-refractivity contribution in [2.24, 2.45) is 0 Å². The highest BCUT2D eigenvalue weighted by molar-refractivity contribution is 4.87. The lowest BCUT2D eigenvalue weighted by molar-refractivity contribution is -0.829. The molecule has 2 heterocycles. The SMILES string of the molecule is CC=CC(CC)OC(C[n+]1ccccc1)[n+]1ccccc1. The highest BCUT2D eigenvalue weighted by Crippen LogP contribution is 2.09. The number of hydrogen-bond donors (Lipinski definition) is 0. The summed E-state index contributed by atoms with van der Waals surface area (Å²) in [5.41, 5.74) is 0. The van der Waals surface area contributed by atoms with Gasteiger partial charge in [0.1, 0.15) is 0 Å². The van der Waals surface area contributed by atoms with Crippen LogP contribution >= 0.6 is 0 Å². The van der Waals surface area contributed by atoms with Gasteiger partial charge >= 0.3 is 6.23 Å². The zero-order chi connectivity index (χ0) is 14.9. The molecule has 2 atom stereocenters. The van der Waals surface area contributed by atoms with Crippen LogP contribution in [0.1, 0.15) is 26.5 Å². The van der Waals surface area contributed by atoms with Crippen molar-refractivity contribution in [1.82, 2.24) is 0 Å². The Morgan fingerprint density at radius 2 is 1.57 bits per heavy atom. The molecule has 0 aromatic carbocycles. The summed E-state index contributed by atoms with van der Waals surface area (Å²) in [6.07, 6.45) is 13.5. The summed E-state index contributed by atoms with van der Waals surface area (Å²) < 4.78 is 10.5. The van der Waals surface area contributed by atoms with Crippen LogP contribution in [0.4, 0.5) is 0 Å². The first-order valence-corrected chi connectivity index (χ1v) is 7.51. The Bertz CT molecular complexity index is 540. The standard InChI is InChI=1S/C18H24N2O/c1-3-11-17(4-2)21-18(20-14-9-6-10-15-20)16-19-12-7-5-8-13-19/h3,5-15,17-18H,4,16H2,1-2H3/q+2. The predicted molar refractivity (Wildman–Crippen MR) is 82.3 cm³/mol. The molecule has 0 radical (unpaired) electrons. The molecule has 0 aliphatic heterocycles. The van der Waals surface area contributed by atoms with Crippen LogP contribution in [0.25, 0.3) is 0 Å². The van der Waals surface area contributed by atoms with Gasteiger partial charge in [-0.2, -0.15) is 9.13 Å². The molecule has 110 valence electrons. The maximum absolute atomic E-state index is 6.29. The molecule has 0 saturated carbocycles. The lowest BCUT2D eigenvalue weighted by Gasteiger charge is -2.16. The van der Waals surface area contributed by atoms with Gasteiger partial charge in [0.05, 0.1) is 6.10 Å². The summed E-state index contributed by atoms with van der Waals surface area (Å²) >= 11 is 0. The minimum atomic E-state index is -0.0280. The number of aromatic nitrogens is 2.